The van der Waals surface area contributed by atoms with E-state index in [1.807, 2.05) is 6.08 Å². The number of unbranched alkanes of at least 4 members (excludes halogenated alkanes) is 8. The van der Waals surface area contributed by atoms with E-state index in [-0.39, 0.29) is 12.0 Å². The highest BCUT2D eigenvalue weighted by atomic mass is 16.5. The van der Waals surface area contributed by atoms with Gasteiger partial charge in [-0.3, -0.25) is 9.59 Å². The van der Waals surface area contributed by atoms with E-state index in [0.29, 0.717) is 6.54 Å². The molecule has 24 heavy (non-hydrogen) atoms. The van der Waals surface area contributed by atoms with Crippen molar-refractivity contribution in [3.63, 3.8) is 0 Å². The van der Waals surface area contributed by atoms with Gasteiger partial charge in [-0.05, 0) is 6.42 Å². The van der Waals surface area contributed by atoms with Crippen LogP contribution in [0, 0.1) is 11.8 Å². The lowest BCUT2D eigenvalue weighted by Crippen LogP contribution is -2.42. The lowest BCUT2D eigenvalue weighted by atomic mass is 9.82. The summed E-state index contributed by atoms with van der Waals surface area (Å²) in [7, 11) is 0. The molecule has 0 aliphatic carbocycles. The van der Waals surface area contributed by atoms with Crippen LogP contribution in [-0.4, -0.2) is 35.7 Å². The lowest BCUT2D eigenvalue weighted by Gasteiger charge is -2.20. The second-order valence-electron chi connectivity index (χ2n) is 6.96. The van der Waals surface area contributed by atoms with E-state index >= 15 is 0 Å². The average molecular weight is 337 g/mol. The summed E-state index contributed by atoms with van der Waals surface area (Å²) in [5, 5.41) is 12.2. The Hall–Kier alpha value is -1.36. The van der Waals surface area contributed by atoms with Gasteiger partial charge in [-0.25, -0.2) is 0 Å². The van der Waals surface area contributed by atoms with Gasteiger partial charge in [0.1, 0.15) is 5.92 Å². The van der Waals surface area contributed by atoms with Gasteiger partial charge in [0.15, 0.2) is 0 Å². The van der Waals surface area contributed by atoms with Crippen molar-refractivity contribution in [1.29, 1.82) is 0 Å². The number of nitrogens with one attached hydrogen (secondary N) is 1. The van der Waals surface area contributed by atoms with Crippen LogP contribution in [0.1, 0.15) is 64.7 Å². The fraction of sp³-hybridized carbons (Fsp3) is 0.789. The zero-order chi connectivity index (χ0) is 17.4. The summed E-state index contributed by atoms with van der Waals surface area (Å²) in [5.74, 6) is -2.46. The van der Waals surface area contributed by atoms with Crippen LogP contribution in [0.15, 0.2) is 12.2 Å². The Balaban J connectivity index is 1.55. The van der Waals surface area contributed by atoms with Crippen molar-refractivity contribution in [3.05, 3.63) is 12.2 Å². The quantitative estimate of drug-likeness (QED) is 0.423. The summed E-state index contributed by atoms with van der Waals surface area (Å²) in [6.45, 7) is 2.85. The third-order valence-corrected chi connectivity index (χ3v) is 5.07. The number of carboxylic acid groups (broad SMARTS) is 1. The maximum absolute atomic E-state index is 12.3. The molecule has 2 aliphatic heterocycles. The Morgan fingerprint density at radius 1 is 0.917 bits per heavy atom. The number of fused-ring (bicyclic) bond motifs is 2. The van der Waals surface area contributed by atoms with Crippen molar-refractivity contribution in [2.45, 2.75) is 76.9 Å². The highest BCUT2D eigenvalue weighted by molar-refractivity contribution is 5.87. The van der Waals surface area contributed by atoms with E-state index in [1.54, 1.807) is 6.08 Å². The van der Waals surface area contributed by atoms with Crippen LogP contribution in [0.3, 0.4) is 0 Å². The van der Waals surface area contributed by atoms with Gasteiger partial charge in [0.05, 0.1) is 18.1 Å². The predicted octanol–water partition coefficient (Wildman–Crippen LogP) is 3.29. The van der Waals surface area contributed by atoms with Crippen molar-refractivity contribution >= 4 is 11.9 Å². The minimum absolute atomic E-state index is 0.182. The largest absolute Gasteiger partial charge is 0.481 e. The molecule has 0 unspecified atom stereocenters. The second-order valence-corrected chi connectivity index (χ2v) is 6.96. The van der Waals surface area contributed by atoms with Gasteiger partial charge < -0.3 is 15.2 Å². The molecule has 2 bridgehead atoms. The number of aliphatic carboxylic acids is 1. The predicted molar refractivity (Wildman–Crippen MR) is 92.7 cm³/mol. The van der Waals surface area contributed by atoms with Crippen LogP contribution in [0.2, 0.25) is 0 Å². The Morgan fingerprint density at radius 3 is 2.04 bits per heavy atom. The average Bonchev–Trinajstić information content (AvgIpc) is 3.17. The normalized spacial score (nSPS) is 27.5. The van der Waals surface area contributed by atoms with E-state index < -0.39 is 23.9 Å². The van der Waals surface area contributed by atoms with Crippen LogP contribution in [-0.2, 0) is 14.3 Å². The molecule has 1 amide bonds. The molecule has 4 atom stereocenters. The summed E-state index contributed by atoms with van der Waals surface area (Å²) in [6.07, 6.45) is 13.9. The number of amides is 1. The molecule has 0 aromatic rings. The SMILES string of the molecule is CCCCCCCCCCCNC(=O)[C@H]1[C@H](C(=O)O)[C@H]2C=C[C@H]1O2. The van der Waals surface area contributed by atoms with Crippen molar-refractivity contribution in [2.24, 2.45) is 11.8 Å². The van der Waals surface area contributed by atoms with Gasteiger partial charge in [0.25, 0.3) is 0 Å². The zero-order valence-electron chi connectivity index (χ0n) is 14.7. The summed E-state index contributed by atoms with van der Waals surface area (Å²) in [6, 6.07) is 0. The lowest BCUT2D eigenvalue weighted by molar-refractivity contribution is -0.146. The van der Waals surface area contributed by atoms with Gasteiger partial charge >= 0.3 is 5.97 Å². The van der Waals surface area contributed by atoms with E-state index in [4.69, 9.17) is 4.74 Å². The molecule has 0 aromatic heterocycles. The Labute approximate surface area is 144 Å². The molecular formula is C19H31NO4. The second kappa shape index (κ2) is 9.82. The number of hydrogen-bond donors (Lipinski definition) is 2. The molecule has 1 fully saturated rings. The highest BCUT2D eigenvalue weighted by Gasteiger charge is 2.53. The summed E-state index contributed by atoms with van der Waals surface area (Å²) >= 11 is 0. The number of hydrogen-bond acceptors (Lipinski definition) is 3. The molecule has 0 spiro atoms. The molecule has 136 valence electrons. The maximum Gasteiger partial charge on any atom is 0.310 e. The van der Waals surface area contributed by atoms with Crippen LogP contribution in [0.4, 0.5) is 0 Å². The van der Waals surface area contributed by atoms with Crippen LogP contribution in [0.25, 0.3) is 0 Å². The van der Waals surface area contributed by atoms with Gasteiger partial charge in [0, 0.05) is 6.54 Å². The zero-order valence-corrected chi connectivity index (χ0v) is 14.7. The smallest absolute Gasteiger partial charge is 0.310 e. The van der Waals surface area contributed by atoms with Crippen LogP contribution < -0.4 is 5.32 Å². The van der Waals surface area contributed by atoms with E-state index in [2.05, 4.69) is 12.2 Å². The minimum atomic E-state index is -0.949. The molecule has 0 aromatic carbocycles. The van der Waals surface area contributed by atoms with Crippen molar-refractivity contribution in [2.75, 3.05) is 6.54 Å². The van der Waals surface area contributed by atoms with E-state index in [9.17, 15) is 14.7 Å². The van der Waals surface area contributed by atoms with Gasteiger partial charge in [0.2, 0.25) is 5.91 Å². The summed E-state index contributed by atoms with van der Waals surface area (Å²) in [5.41, 5.74) is 0. The molecule has 2 N–H and O–H groups in total. The van der Waals surface area contributed by atoms with Gasteiger partial charge in [-0.15, -0.1) is 0 Å². The highest BCUT2D eigenvalue weighted by Crippen LogP contribution is 2.39. The third kappa shape index (κ3) is 5.07. The van der Waals surface area contributed by atoms with Crippen molar-refractivity contribution in [1.82, 2.24) is 5.32 Å². The summed E-state index contributed by atoms with van der Waals surface area (Å²) < 4.78 is 5.53. The first-order valence-electron chi connectivity index (χ1n) is 9.49. The van der Waals surface area contributed by atoms with Gasteiger partial charge in [-0.2, -0.15) is 0 Å². The Morgan fingerprint density at radius 2 is 1.46 bits per heavy atom. The molecule has 0 radical (unpaired) electrons. The Bertz CT molecular complexity index is 449. The first kappa shape index (κ1) is 19.0. The molecular weight excluding hydrogens is 306 g/mol. The minimum Gasteiger partial charge on any atom is -0.481 e. The number of carbonyl (C=O) groups excluding carboxylic acids is 1. The molecule has 1 saturated heterocycles. The monoisotopic (exact) mass is 337 g/mol. The number of carboxylic acids is 1. The summed E-state index contributed by atoms with van der Waals surface area (Å²) in [4.78, 5) is 23.7. The number of carbonyl (C=O) groups is 2. The fourth-order valence-corrected chi connectivity index (χ4v) is 3.68. The van der Waals surface area contributed by atoms with Crippen molar-refractivity contribution < 1.29 is 19.4 Å². The topological polar surface area (TPSA) is 75.6 Å². The van der Waals surface area contributed by atoms with Crippen molar-refractivity contribution in [3.8, 4) is 0 Å². The molecule has 2 aliphatic rings. The molecule has 5 nitrogen and oxygen atoms in total. The number of rotatable bonds is 12. The number of ether oxygens (including phenoxy) is 1. The van der Waals surface area contributed by atoms with Crippen LogP contribution in [0.5, 0.6) is 0 Å². The van der Waals surface area contributed by atoms with Gasteiger partial charge in [-0.1, -0.05) is 70.4 Å². The van der Waals surface area contributed by atoms with Crippen LogP contribution >= 0.6 is 0 Å². The first-order valence-corrected chi connectivity index (χ1v) is 9.49. The maximum atomic E-state index is 12.3. The fourth-order valence-electron chi connectivity index (χ4n) is 3.68. The van der Waals surface area contributed by atoms with E-state index in [1.165, 1.54) is 44.9 Å². The molecule has 2 rings (SSSR count). The van der Waals surface area contributed by atoms with E-state index in [0.717, 1.165) is 12.8 Å². The third-order valence-electron chi connectivity index (χ3n) is 5.07. The standard InChI is InChI=1S/C19H31NO4/c1-2-3-4-5-6-7-8-9-10-13-20-18(21)16-14-11-12-15(24-14)17(16)19(22)23/h11-12,14-17H,2-10,13H2,1H3,(H,20,21)(H,22,23)/t14-,15-,16-,17-/m1/s1. The molecule has 0 saturated carbocycles. The first-order chi connectivity index (χ1) is 11.6. The molecule has 2 heterocycles. The molecule has 5 heteroatoms. The Kier molecular flexibility index (Phi) is 7.76.